The molecule has 0 radical (unpaired) electrons. The smallest absolute Gasteiger partial charge is 0.238 e. The summed E-state index contributed by atoms with van der Waals surface area (Å²) in [6, 6.07) is 0. The summed E-state index contributed by atoms with van der Waals surface area (Å²) < 4.78 is 38.7. The lowest BCUT2D eigenvalue weighted by atomic mass is 9.83. The van der Waals surface area contributed by atoms with Crippen molar-refractivity contribution >= 4 is 11.0 Å². The maximum Gasteiger partial charge on any atom is 0.238 e. The maximum absolute atomic E-state index is 13.3. The van der Waals surface area contributed by atoms with Crippen molar-refractivity contribution in [1.82, 2.24) is 0 Å². The van der Waals surface area contributed by atoms with Crippen LogP contribution >= 0.6 is 0 Å². The van der Waals surface area contributed by atoms with E-state index >= 15 is 0 Å². The second-order valence-corrected chi connectivity index (χ2v) is 7.04. The minimum atomic E-state index is -0.520. The average Bonchev–Trinajstić information content (AvgIpc) is 2.77. The van der Waals surface area contributed by atoms with Crippen molar-refractivity contribution in [3.05, 3.63) is 16.0 Å². The summed E-state index contributed by atoms with van der Waals surface area (Å²) in [5.74, 6) is 0.109. The predicted octanol–water partition coefficient (Wildman–Crippen LogP) is 2.83. The highest BCUT2D eigenvalue weighted by Gasteiger charge is 2.36. The van der Waals surface area contributed by atoms with Crippen LogP contribution in [0.2, 0.25) is 0 Å². The molecule has 0 saturated heterocycles. The second-order valence-electron chi connectivity index (χ2n) is 7.04. The highest BCUT2D eigenvalue weighted by molar-refractivity contribution is 5.95. The highest BCUT2D eigenvalue weighted by Crippen LogP contribution is 2.51. The summed E-state index contributed by atoms with van der Waals surface area (Å²) in [5, 5.41) is 10.6. The van der Waals surface area contributed by atoms with Crippen LogP contribution in [-0.2, 0) is 9.47 Å². The number of aromatic hydroxyl groups is 1. The predicted molar refractivity (Wildman–Crippen MR) is 109 cm³/mol. The summed E-state index contributed by atoms with van der Waals surface area (Å²) in [5.41, 5.74) is -0.454. The first-order valence-electron chi connectivity index (χ1n) is 9.58. The number of methoxy groups -OCH3 is 6. The molecule has 1 aliphatic rings. The number of rotatable bonds is 7. The van der Waals surface area contributed by atoms with Crippen molar-refractivity contribution in [3.8, 4) is 28.7 Å². The van der Waals surface area contributed by atoms with Crippen LogP contribution in [0.1, 0.15) is 30.9 Å². The van der Waals surface area contributed by atoms with Crippen LogP contribution in [0.15, 0.2) is 9.21 Å². The molecule has 30 heavy (non-hydrogen) atoms. The Labute approximate surface area is 174 Å². The van der Waals surface area contributed by atoms with Gasteiger partial charge in [0, 0.05) is 20.1 Å². The quantitative estimate of drug-likeness (QED) is 0.718. The van der Waals surface area contributed by atoms with Gasteiger partial charge in [0.2, 0.25) is 28.4 Å². The minimum Gasteiger partial charge on any atom is -0.504 e. The molecule has 3 atom stereocenters. The van der Waals surface area contributed by atoms with Gasteiger partial charge in [-0.3, -0.25) is 4.79 Å². The molecule has 1 saturated carbocycles. The molecule has 3 rings (SSSR count). The summed E-state index contributed by atoms with van der Waals surface area (Å²) in [6.07, 6.45) is 1.85. The van der Waals surface area contributed by atoms with Crippen molar-refractivity contribution in [1.29, 1.82) is 0 Å². The number of hydrogen-bond donors (Lipinski definition) is 1. The normalized spacial score (nSPS) is 21.5. The topological polar surface area (TPSA) is 106 Å². The fraction of sp³-hybridized carbons (Fsp3) is 0.571. The Morgan fingerprint density at radius 2 is 1.40 bits per heavy atom. The minimum absolute atomic E-state index is 0.0241. The first-order valence-corrected chi connectivity index (χ1v) is 9.58. The molecular formula is C21H28O9. The fourth-order valence-electron chi connectivity index (χ4n) is 4.22. The SMILES string of the molecule is COc1c(OC)c(O)c2c(=O)c(OC)c(C3CCC(OC)C(OC)C3)oc2c1OC. The summed E-state index contributed by atoms with van der Waals surface area (Å²) in [4.78, 5) is 13.3. The van der Waals surface area contributed by atoms with E-state index < -0.39 is 11.2 Å². The zero-order valence-electron chi connectivity index (χ0n) is 18.1. The van der Waals surface area contributed by atoms with Gasteiger partial charge in [0.05, 0.1) is 40.6 Å². The van der Waals surface area contributed by atoms with Gasteiger partial charge >= 0.3 is 0 Å². The molecule has 0 bridgehead atoms. The summed E-state index contributed by atoms with van der Waals surface area (Å²) in [7, 11) is 8.86. The Kier molecular flexibility index (Phi) is 6.62. The lowest BCUT2D eigenvalue weighted by Gasteiger charge is -2.34. The molecule has 1 aromatic heterocycles. The first-order chi connectivity index (χ1) is 14.5. The molecule has 1 heterocycles. The van der Waals surface area contributed by atoms with E-state index in [0.29, 0.717) is 18.6 Å². The number of ether oxygens (including phenoxy) is 6. The van der Waals surface area contributed by atoms with Gasteiger partial charge < -0.3 is 37.9 Å². The van der Waals surface area contributed by atoms with Crippen molar-refractivity contribution in [2.75, 3.05) is 42.7 Å². The molecule has 9 heteroatoms. The van der Waals surface area contributed by atoms with Crippen molar-refractivity contribution in [2.24, 2.45) is 0 Å². The number of hydrogen-bond acceptors (Lipinski definition) is 9. The zero-order valence-corrected chi connectivity index (χ0v) is 18.1. The summed E-state index contributed by atoms with van der Waals surface area (Å²) >= 11 is 0. The Morgan fingerprint density at radius 3 is 1.93 bits per heavy atom. The third-order valence-corrected chi connectivity index (χ3v) is 5.69. The van der Waals surface area contributed by atoms with Gasteiger partial charge in [-0.15, -0.1) is 0 Å². The van der Waals surface area contributed by atoms with Crippen molar-refractivity contribution in [2.45, 2.75) is 37.4 Å². The molecule has 2 aromatic rings. The Morgan fingerprint density at radius 1 is 0.800 bits per heavy atom. The molecule has 1 fully saturated rings. The highest BCUT2D eigenvalue weighted by atomic mass is 16.5. The van der Waals surface area contributed by atoms with Gasteiger partial charge in [-0.1, -0.05) is 0 Å². The lowest BCUT2D eigenvalue weighted by Crippen LogP contribution is -2.36. The van der Waals surface area contributed by atoms with E-state index in [-0.39, 0.29) is 52.1 Å². The number of fused-ring (bicyclic) bond motifs is 1. The van der Waals surface area contributed by atoms with E-state index in [1.807, 2.05) is 0 Å². The molecule has 0 amide bonds. The second kappa shape index (κ2) is 9.01. The van der Waals surface area contributed by atoms with Gasteiger partial charge in [0.25, 0.3) is 0 Å². The van der Waals surface area contributed by atoms with Gasteiger partial charge in [0.15, 0.2) is 17.1 Å². The standard InChI is InChI=1S/C21H28O9/c1-24-11-8-7-10(9-12(11)25-2)16-18(26-3)14(22)13-15(23)19(27-4)21(29-6)20(28-5)17(13)30-16/h10-12,23H,7-9H2,1-6H3. The van der Waals surface area contributed by atoms with E-state index in [4.69, 9.17) is 32.8 Å². The van der Waals surface area contributed by atoms with E-state index in [0.717, 1.165) is 6.42 Å². The zero-order chi connectivity index (χ0) is 22.0. The molecular weight excluding hydrogens is 396 g/mol. The monoisotopic (exact) mass is 424 g/mol. The first kappa shape index (κ1) is 22.0. The van der Waals surface area contributed by atoms with Crippen LogP contribution in [0.3, 0.4) is 0 Å². The van der Waals surface area contributed by atoms with Crippen molar-refractivity contribution in [3.63, 3.8) is 0 Å². The number of phenolic OH excluding ortho intramolecular Hbond substituents is 1. The van der Waals surface area contributed by atoms with Gasteiger partial charge in [-0.05, 0) is 19.3 Å². The molecule has 1 aromatic carbocycles. The number of phenols is 1. The largest absolute Gasteiger partial charge is 0.504 e. The van der Waals surface area contributed by atoms with Gasteiger partial charge in [0.1, 0.15) is 5.39 Å². The lowest BCUT2D eigenvalue weighted by molar-refractivity contribution is -0.0639. The van der Waals surface area contributed by atoms with Crippen LogP contribution in [0.5, 0.6) is 28.7 Å². The van der Waals surface area contributed by atoms with Crippen LogP contribution in [0.4, 0.5) is 0 Å². The Hall–Kier alpha value is -2.65. The molecule has 3 unspecified atom stereocenters. The Bertz CT molecular complexity index is 966. The van der Waals surface area contributed by atoms with E-state index in [9.17, 15) is 9.90 Å². The van der Waals surface area contributed by atoms with Crippen LogP contribution in [-0.4, -0.2) is 60.0 Å². The third kappa shape index (κ3) is 3.41. The van der Waals surface area contributed by atoms with Crippen molar-refractivity contribution < 1.29 is 37.9 Å². The number of benzene rings is 1. The molecule has 0 spiro atoms. The van der Waals surface area contributed by atoms with Gasteiger partial charge in [-0.2, -0.15) is 0 Å². The van der Waals surface area contributed by atoms with E-state index in [2.05, 4.69) is 0 Å². The maximum atomic E-state index is 13.3. The molecule has 9 nitrogen and oxygen atoms in total. The van der Waals surface area contributed by atoms with E-state index in [1.54, 1.807) is 14.2 Å². The molecule has 1 N–H and O–H groups in total. The molecule has 0 aliphatic heterocycles. The fourth-order valence-corrected chi connectivity index (χ4v) is 4.22. The molecule has 166 valence electrons. The van der Waals surface area contributed by atoms with E-state index in [1.165, 1.54) is 28.4 Å². The average molecular weight is 424 g/mol. The molecule has 1 aliphatic carbocycles. The van der Waals surface area contributed by atoms with Crippen LogP contribution < -0.4 is 24.4 Å². The van der Waals surface area contributed by atoms with Crippen LogP contribution in [0.25, 0.3) is 11.0 Å². The summed E-state index contributed by atoms with van der Waals surface area (Å²) in [6.45, 7) is 0. The van der Waals surface area contributed by atoms with Crippen LogP contribution in [0, 0.1) is 0 Å². The third-order valence-electron chi connectivity index (χ3n) is 5.69. The Balaban J connectivity index is 2.28. The van der Waals surface area contributed by atoms with Gasteiger partial charge in [-0.25, -0.2) is 0 Å².